The van der Waals surface area contributed by atoms with Crippen LogP contribution in [0.1, 0.15) is 12.8 Å². The van der Waals surface area contributed by atoms with E-state index in [9.17, 15) is 21.6 Å². The summed E-state index contributed by atoms with van der Waals surface area (Å²) in [7, 11) is -6.05. The SMILES string of the molecule is COc1ccc(N(CCCC(=O)Nc2ccc(S(=O)(=O)Nc3ccccc3Cl)cc2)S(C)(=O)=O)cc1Cl. The summed E-state index contributed by atoms with van der Waals surface area (Å²) in [5, 5.41) is 3.20. The Morgan fingerprint density at radius 2 is 1.62 bits per heavy atom. The van der Waals surface area contributed by atoms with Gasteiger partial charge in [0.25, 0.3) is 10.0 Å². The molecule has 0 radical (unpaired) electrons. The summed E-state index contributed by atoms with van der Waals surface area (Å²) in [4.78, 5) is 12.4. The predicted octanol–water partition coefficient (Wildman–Crippen LogP) is 4.99. The fourth-order valence-corrected chi connectivity index (χ4v) is 5.90. The molecule has 1 amide bonds. The molecule has 3 aromatic rings. The standard InChI is InChI=1S/C24H25Cl2N3O6S2/c1-35-23-14-11-18(16-21(23)26)29(36(2,31)32)15-5-8-24(30)27-17-9-12-19(13-10-17)37(33,34)28-22-7-4-3-6-20(22)25/h3-4,6-7,9-14,16,28H,5,8,15H2,1-2H3,(H,27,30). The van der Waals surface area contributed by atoms with E-state index in [0.717, 1.165) is 10.6 Å². The minimum absolute atomic E-state index is 0.00707. The molecule has 0 fully saturated rings. The summed E-state index contributed by atoms with van der Waals surface area (Å²) in [5.41, 5.74) is 1.00. The van der Waals surface area contributed by atoms with Crippen molar-refractivity contribution in [2.45, 2.75) is 17.7 Å². The highest BCUT2D eigenvalue weighted by molar-refractivity contribution is 7.92. The number of hydrogen-bond acceptors (Lipinski definition) is 6. The second kappa shape index (κ2) is 12.0. The number of carbonyl (C=O) groups excluding carboxylic acids is 1. The molecule has 9 nitrogen and oxygen atoms in total. The zero-order chi connectivity index (χ0) is 27.2. The Bertz CT molecular complexity index is 1480. The molecule has 13 heteroatoms. The van der Waals surface area contributed by atoms with Gasteiger partial charge < -0.3 is 10.1 Å². The van der Waals surface area contributed by atoms with E-state index in [-0.39, 0.29) is 45.9 Å². The van der Waals surface area contributed by atoms with Gasteiger partial charge in [0.2, 0.25) is 15.9 Å². The Balaban J connectivity index is 1.59. The van der Waals surface area contributed by atoms with E-state index in [2.05, 4.69) is 10.0 Å². The first-order valence-corrected chi connectivity index (χ1v) is 15.0. The maximum absolute atomic E-state index is 12.6. The number of nitrogens with one attached hydrogen (secondary N) is 2. The monoisotopic (exact) mass is 585 g/mol. The van der Waals surface area contributed by atoms with E-state index >= 15 is 0 Å². The Hall–Kier alpha value is -2.99. The molecule has 0 aliphatic carbocycles. The van der Waals surface area contributed by atoms with E-state index in [1.54, 1.807) is 36.4 Å². The third-order valence-corrected chi connectivity index (χ3v) is 8.36. The quantitative estimate of drug-likeness (QED) is 0.327. The van der Waals surface area contributed by atoms with Crippen LogP contribution in [-0.2, 0) is 24.8 Å². The van der Waals surface area contributed by atoms with Crippen LogP contribution in [0.5, 0.6) is 5.75 Å². The van der Waals surface area contributed by atoms with Gasteiger partial charge in [-0.2, -0.15) is 0 Å². The van der Waals surface area contributed by atoms with Crippen molar-refractivity contribution in [1.29, 1.82) is 0 Å². The van der Waals surface area contributed by atoms with E-state index in [4.69, 9.17) is 27.9 Å². The van der Waals surface area contributed by atoms with Gasteiger partial charge in [-0.15, -0.1) is 0 Å². The Labute approximate surface area is 226 Å². The molecule has 0 heterocycles. The van der Waals surface area contributed by atoms with Crippen molar-refractivity contribution in [2.75, 3.05) is 34.3 Å². The first kappa shape index (κ1) is 28.6. The average molecular weight is 587 g/mol. The average Bonchev–Trinajstić information content (AvgIpc) is 2.83. The number of amides is 1. The van der Waals surface area contributed by atoms with E-state index in [0.29, 0.717) is 17.1 Å². The second-order valence-electron chi connectivity index (χ2n) is 7.92. The van der Waals surface area contributed by atoms with Gasteiger partial charge in [-0.05, 0) is 61.0 Å². The van der Waals surface area contributed by atoms with Gasteiger partial charge in [-0.1, -0.05) is 35.3 Å². The van der Waals surface area contributed by atoms with Crippen molar-refractivity contribution >= 4 is 66.2 Å². The number of anilines is 3. The molecule has 198 valence electrons. The number of hydrogen-bond donors (Lipinski definition) is 2. The molecule has 0 aliphatic rings. The summed E-state index contributed by atoms with van der Waals surface area (Å²) in [5.74, 6) is 0.0581. The molecule has 2 N–H and O–H groups in total. The smallest absolute Gasteiger partial charge is 0.261 e. The highest BCUT2D eigenvalue weighted by Gasteiger charge is 2.19. The minimum atomic E-state index is -3.88. The van der Waals surface area contributed by atoms with Crippen molar-refractivity contribution < 1.29 is 26.4 Å². The maximum Gasteiger partial charge on any atom is 0.261 e. The highest BCUT2D eigenvalue weighted by atomic mass is 35.5. The molecule has 0 atom stereocenters. The van der Waals surface area contributed by atoms with Crippen LogP contribution < -0.4 is 19.1 Å². The predicted molar refractivity (Wildman–Crippen MR) is 147 cm³/mol. The second-order valence-corrected chi connectivity index (χ2v) is 12.3. The largest absolute Gasteiger partial charge is 0.495 e. The summed E-state index contributed by atoms with van der Waals surface area (Å²) in [6.07, 6.45) is 1.34. The molecule has 0 unspecified atom stereocenters. The molecule has 3 rings (SSSR count). The molecule has 0 spiro atoms. The summed E-state index contributed by atoms with van der Waals surface area (Å²) >= 11 is 12.1. The van der Waals surface area contributed by atoms with E-state index in [1.807, 2.05) is 0 Å². The lowest BCUT2D eigenvalue weighted by molar-refractivity contribution is -0.116. The Kier molecular flexibility index (Phi) is 9.30. The van der Waals surface area contributed by atoms with Crippen LogP contribution in [0.3, 0.4) is 0 Å². The number of ether oxygens (including phenoxy) is 1. The minimum Gasteiger partial charge on any atom is -0.495 e. The summed E-state index contributed by atoms with van der Waals surface area (Å²) in [6.45, 7) is 0.0554. The fourth-order valence-electron chi connectivity index (χ4n) is 3.37. The van der Waals surface area contributed by atoms with Crippen molar-refractivity contribution in [3.8, 4) is 5.75 Å². The normalized spacial score (nSPS) is 11.6. The molecule has 3 aromatic carbocycles. The summed E-state index contributed by atoms with van der Waals surface area (Å²) < 4.78 is 58.5. The first-order valence-electron chi connectivity index (χ1n) is 10.9. The third kappa shape index (κ3) is 7.75. The van der Waals surface area contributed by atoms with Gasteiger partial charge >= 0.3 is 0 Å². The molecule has 37 heavy (non-hydrogen) atoms. The molecule has 0 saturated carbocycles. The van der Waals surface area contributed by atoms with Gasteiger partial charge in [0.1, 0.15) is 5.75 Å². The van der Waals surface area contributed by atoms with Crippen molar-refractivity contribution in [1.82, 2.24) is 0 Å². The number of nitrogens with zero attached hydrogens (tertiary/aromatic N) is 1. The molecular weight excluding hydrogens is 561 g/mol. The molecule has 0 aromatic heterocycles. The zero-order valence-corrected chi connectivity index (χ0v) is 23.1. The van der Waals surface area contributed by atoms with Crippen LogP contribution in [0, 0.1) is 0 Å². The van der Waals surface area contributed by atoms with Crippen LogP contribution in [0.15, 0.2) is 71.6 Å². The fraction of sp³-hybridized carbons (Fsp3) is 0.208. The molecule has 0 bridgehead atoms. The highest BCUT2D eigenvalue weighted by Crippen LogP contribution is 2.30. The number of rotatable bonds is 11. The van der Waals surface area contributed by atoms with Crippen LogP contribution in [0.4, 0.5) is 17.1 Å². The van der Waals surface area contributed by atoms with Crippen molar-refractivity contribution in [3.63, 3.8) is 0 Å². The van der Waals surface area contributed by atoms with Crippen molar-refractivity contribution in [2.24, 2.45) is 0 Å². The summed E-state index contributed by atoms with van der Waals surface area (Å²) in [6, 6.07) is 16.7. The number of benzene rings is 3. The van der Waals surface area contributed by atoms with E-state index < -0.39 is 20.0 Å². The van der Waals surface area contributed by atoms with Crippen molar-refractivity contribution in [3.05, 3.63) is 76.8 Å². The van der Waals surface area contributed by atoms with Crippen LogP contribution in [0.25, 0.3) is 0 Å². The molecule has 0 saturated heterocycles. The van der Waals surface area contributed by atoms with Gasteiger partial charge in [0.05, 0.1) is 39.7 Å². The van der Waals surface area contributed by atoms with Gasteiger partial charge in [-0.25, -0.2) is 16.8 Å². The number of halogens is 2. The third-order valence-electron chi connectivity index (χ3n) is 5.16. The van der Waals surface area contributed by atoms with E-state index in [1.165, 1.54) is 37.4 Å². The topological polar surface area (TPSA) is 122 Å². The Morgan fingerprint density at radius 3 is 2.22 bits per heavy atom. The van der Waals surface area contributed by atoms with Crippen LogP contribution >= 0.6 is 23.2 Å². The van der Waals surface area contributed by atoms with Gasteiger partial charge in [0, 0.05) is 18.7 Å². The molecule has 0 aliphatic heterocycles. The lowest BCUT2D eigenvalue weighted by atomic mass is 10.2. The lowest BCUT2D eigenvalue weighted by Crippen LogP contribution is -2.31. The van der Waals surface area contributed by atoms with Gasteiger partial charge in [0.15, 0.2) is 0 Å². The zero-order valence-electron chi connectivity index (χ0n) is 19.9. The number of para-hydroxylation sites is 1. The van der Waals surface area contributed by atoms with Crippen LogP contribution in [-0.4, -0.2) is 42.7 Å². The first-order chi connectivity index (χ1) is 17.4. The maximum atomic E-state index is 12.6. The van der Waals surface area contributed by atoms with Gasteiger partial charge in [-0.3, -0.25) is 13.8 Å². The number of sulfonamides is 2. The molecular formula is C24H25Cl2N3O6S2. The van der Waals surface area contributed by atoms with Crippen LogP contribution in [0.2, 0.25) is 10.0 Å². The number of carbonyl (C=O) groups is 1. The Morgan fingerprint density at radius 1 is 0.946 bits per heavy atom. The number of methoxy groups -OCH3 is 1. The lowest BCUT2D eigenvalue weighted by Gasteiger charge is -2.23.